The van der Waals surface area contributed by atoms with Gasteiger partial charge in [-0.2, -0.15) is 0 Å². The molecule has 0 heterocycles. The average molecular weight is 140 g/mol. The summed E-state index contributed by atoms with van der Waals surface area (Å²) < 4.78 is 0. The first-order valence-corrected chi connectivity index (χ1v) is 2.76. The Morgan fingerprint density at radius 2 is 2.25 bits per heavy atom. The smallest absolute Gasteiger partial charge is 1.00 e. The number of rotatable bonds is 3. The molecule has 0 aliphatic rings. The topological polar surface area (TPSA) is 17.1 Å². The summed E-state index contributed by atoms with van der Waals surface area (Å²) in [5.41, 5.74) is 0. The van der Waals surface area contributed by atoms with Crippen LogP contribution < -0.4 is 51.4 Å². The van der Waals surface area contributed by atoms with E-state index in [1.54, 1.807) is 0 Å². The van der Waals surface area contributed by atoms with E-state index in [0.717, 1.165) is 19.1 Å². The Hall–Kier alpha value is 1.31. The van der Waals surface area contributed by atoms with E-state index >= 15 is 0 Å². The SMILES string of the molecule is CCCC(C)C=O.[H-].[K+]. The maximum absolute atomic E-state index is 9.89. The van der Waals surface area contributed by atoms with Crippen molar-refractivity contribution in [3.05, 3.63) is 0 Å². The number of carbonyl (C=O) groups excluding carboxylic acids is 1. The normalized spacial score (nSPS) is 11.8. The van der Waals surface area contributed by atoms with Crippen LogP contribution in [0.5, 0.6) is 0 Å². The van der Waals surface area contributed by atoms with Crippen LogP contribution in [-0.2, 0) is 4.79 Å². The molecule has 0 aliphatic carbocycles. The van der Waals surface area contributed by atoms with Gasteiger partial charge in [0.2, 0.25) is 0 Å². The minimum absolute atomic E-state index is 0. The molecule has 0 saturated heterocycles. The van der Waals surface area contributed by atoms with Gasteiger partial charge in [0.05, 0.1) is 0 Å². The molecule has 44 valence electrons. The molecule has 0 aromatic rings. The molecule has 1 nitrogen and oxygen atoms in total. The summed E-state index contributed by atoms with van der Waals surface area (Å²) >= 11 is 0. The molecule has 2 heteroatoms. The van der Waals surface area contributed by atoms with Crippen LogP contribution in [0.3, 0.4) is 0 Å². The number of hydrogen-bond donors (Lipinski definition) is 0. The Morgan fingerprint density at radius 3 is 2.38 bits per heavy atom. The van der Waals surface area contributed by atoms with Gasteiger partial charge in [-0.15, -0.1) is 0 Å². The number of hydrogen-bond acceptors (Lipinski definition) is 1. The Labute approximate surface area is 95.1 Å². The van der Waals surface area contributed by atoms with Gasteiger partial charge in [-0.25, -0.2) is 0 Å². The molecule has 1 atom stereocenters. The third kappa shape index (κ3) is 7.31. The number of aldehydes is 1. The zero-order valence-electron chi connectivity index (χ0n) is 6.98. The summed E-state index contributed by atoms with van der Waals surface area (Å²) in [7, 11) is 0. The van der Waals surface area contributed by atoms with E-state index in [1.165, 1.54) is 0 Å². The van der Waals surface area contributed by atoms with Crippen LogP contribution in [0.1, 0.15) is 28.1 Å². The first kappa shape index (κ1) is 12.0. The standard InChI is InChI=1S/C6H12O.K.H/c1-3-4-6(2)5-7;;/h5-6H,3-4H2,1-2H3;;/q;+1;-1. The van der Waals surface area contributed by atoms with Crippen LogP contribution in [0.2, 0.25) is 0 Å². The second kappa shape index (κ2) is 8.31. The van der Waals surface area contributed by atoms with Gasteiger partial charge in [-0.3, -0.25) is 0 Å². The molecule has 0 fully saturated rings. The first-order valence-electron chi connectivity index (χ1n) is 2.76. The molecule has 0 aliphatic heterocycles. The second-order valence-corrected chi connectivity index (χ2v) is 1.90. The largest absolute Gasteiger partial charge is 1.00 e. The van der Waals surface area contributed by atoms with Crippen molar-refractivity contribution in [3.8, 4) is 0 Å². The monoisotopic (exact) mass is 140 g/mol. The Morgan fingerprint density at radius 1 is 1.75 bits per heavy atom. The van der Waals surface area contributed by atoms with Crippen molar-refractivity contribution in [1.82, 2.24) is 0 Å². The molecule has 0 spiro atoms. The minimum atomic E-state index is 0. The van der Waals surface area contributed by atoms with Crippen LogP contribution in [0.4, 0.5) is 0 Å². The van der Waals surface area contributed by atoms with E-state index in [9.17, 15) is 4.79 Å². The predicted octanol–water partition coefficient (Wildman–Crippen LogP) is -1.26. The Kier molecular flexibility index (Phi) is 12.5. The molecule has 0 radical (unpaired) electrons. The molecule has 0 saturated carbocycles. The van der Waals surface area contributed by atoms with E-state index in [2.05, 4.69) is 6.92 Å². The van der Waals surface area contributed by atoms with Crippen LogP contribution in [0, 0.1) is 5.92 Å². The van der Waals surface area contributed by atoms with Crippen LogP contribution in [-0.4, -0.2) is 6.29 Å². The third-order valence-electron chi connectivity index (χ3n) is 0.976. The zero-order valence-corrected chi connectivity index (χ0v) is 9.10. The maximum Gasteiger partial charge on any atom is 1.00 e. The fraction of sp³-hybridized carbons (Fsp3) is 0.833. The molecule has 0 rings (SSSR count). The Bertz CT molecular complexity index is 59.0. The van der Waals surface area contributed by atoms with Crippen molar-refractivity contribution in [2.45, 2.75) is 26.7 Å². The number of carbonyl (C=O) groups is 1. The second-order valence-electron chi connectivity index (χ2n) is 1.90. The van der Waals surface area contributed by atoms with Crippen molar-refractivity contribution >= 4 is 6.29 Å². The first-order chi connectivity index (χ1) is 3.31. The molecular formula is C6H13KO. The molecule has 0 aromatic heterocycles. The average Bonchev–Trinajstić information content (AvgIpc) is 1.68. The van der Waals surface area contributed by atoms with Crippen molar-refractivity contribution < 1.29 is 57.6 Å². The van der Waals surface area contributed by atoms with Gasteiger partial charge in [0, 0.05) is 5.92 Å². The Balaban J connectivity index is -0.000000180. The molecule has 8 heavy (non-hydrogen) atoms. The summed E-state index contributed by atoms with van der Waals surface area (Å²) in [5.74, 6) is 0.269. The van der Waals surface area contributed by atoms with Gasteiger partial charge < -0.3 is 6.22 Å². The van der Waals surface area contributed by atoms with Crippen molar-refractivity contribution in [1.29, 1.82) is 0 Å². The van der Waals surface area contributed by atoms with Crippen LogP contribution in [0.25, 0.3) is 0 Å². The van der Waals surface area contributed by atoms with E-state index in [4.69, 9.17) is 0 Å². The summed E-state index contributed by atoms with van der Waals surface area (Å²) in [4.78, 5) is 9.89. The van der Waals surface area contributed by atoms with Gasteiger partial charge in [0.1, 0.15) is 6.29 Å². The molecule has 1 unspecified atom stereocenters. The third-order valence-corrected chi connectivity index (χ3v) is 0.976. The van der Waals surface area contributed by atoms with Gasteiger partial charge in [0.15, 0.2) is 0 Å². The molecule has 0 aromatic carbocycles. The molecule has 0 N–H and O–H groups in total. The van der Waals surface area contributed by atoms with E-state index < -0.39 is 0 Å². The summed E-state index contributed by atoms with van der Waals surface area (Å²) in [6, 6.07) is 0. The van der Waals surface area contributed by atoms with E-state index in [-0.39, 0.29) is 58.7 Å². The van der Waals surface area contributed by atoms with Crippen molar-refractivity contribution in [3.63, 3.8) is 0 Å². The van der Waals surface area contributed by atoms with Crippen molar-refractivity contribution in [2.24, 2.45) is 5.92 Å². The summed E-state index contributed by atoms with van der Waals surface area (Å²) in [5, 5.41) is 0. The van der Waals surface area contributed by atoms with Crippen LogP contribution >= 0.6 is 0 Å². The van der Waals surface area contributed by atoms with Gasteiger partial charge in [0.25, 0.3) is 0 Å². The van der Waals surface area contributed by atoms with E-state index in [1.807, 2.05) is 6.92 Å². The van der Waals surface area contributed by atoms with Crippen LogP contribution in [0.15, 0.2) is 0 Å². The van der Waals surface area contributed by atoms with Crippen molar-refractivity contribution in [2.75, 3.05) is 0 Å². The molecular weight excluding hydrogens is 127 g/mol. The minimum Gasteiger partial charge on any atom is -1.00 e. The quantitative estimate of drug-likeness (QED) is 0.353. The fourth-order valence-electron chi connectivity index (χ4n) is 0.523. The van der Waals surface area contributed by atoms with Gasteiger partial charge in [-0.05, 0) is 6.42 Å². The summed E-state index contributed by atoms with van der Waals surface area (Å²) in [6.07, 6.45) is 3.15. The fourth-order valence-corrected chi connectivity index (χ4v) is 0.523. The predicted molar refractivity (Wildman–Crippen MR) is 31.2 cm³/mol. The molecule has 0 bridgehead atoms. The molecule has 0 amide bonds. The van der Waals surface area contributed by atoms with Gasteiger partial charge >= 0.3 is 51.4 Å². The maximum atomic E-state index is 9.89. The van der Waals surface area contributed by atoms with Gasteiger partial charge in [-0.1, -0.05) is 20.3 Å². The van der Waals surface area contributed by atoms with E-state index in [0.29, 0.717) is 0 Å². The zero-order chi connectivity index (χ0) is 5.70. The summed E-state index contributed by atoms with van der Waals surface area (Å²) in [6.45, 7) is 4.02.